The van der Waals surface area contributed by atoms with Gasteiger partial charge >= 0.3 is 5.97 Å². The smallest absolute Gasteiger partial charge is 0.309 e. The standard InChI is InChI=1S/C10H13NO4/c1-10(2-3-14-6-10)9-11-7(5-15-9)4-8(12)13/h5H,2-4,6H2,1H3,(H,12,13). The average molecular weight is 211 g/mol. The first-order valence-electron chi connectivity index (χ1n) is 4.85. The van der Waals surface area contributed by atoms with Crippen molar-refractivity contribution in [2.45, 2.75) is 25.2 Å². The van der Waals surface area contributed by atoms with E-state index in [1.165, 1.54) is 6.26 Å². The number of nitrogens with zero attached hydrogens (tertiary/aromatic N) is 1. The third-order valence-electron chi connectivity index (χ3n) is 2.62. The molecule has 1 aromatic heterocycles. The van der Waals surface area contributed by atoms with E-state index < -0.39 is 5.97 Å². The van der Waals surface area contributed by atoms with E-state index in [0.29, 0.717) is 24.8 Å². The molecule has 0 bridgehead atoms. The van der Waals surface area contributed by atoms with Crippen molar-refractivity contribution in [3.63, 3.8) is 0 Å². The zero-order valence-corrected chi connectivity index (χ0v) is 8.52. The van der Waals surface area contributed by atoms with Gasteiger partial charge in [-0.2, -0.15) is 0 Å². The summed E-state index contributed by atoms with van der Waals surface area (Å²) in [5.41, 5.74) is 0.266. The van der Waals surface area contributed by atoms with Crippen LogP contribution in [0.25, 0.3) is 0 Å². The molecule has 1 unspecified atom stereocenters. The third-order valence-corrected chi connectivity index (χ3v) is 2.62. The molecule has 1 fully saturated rings. The van der Waals surface area contributed by atoms with E-state index in [2.05, 4.69) is 4.98 Å². The average Bonchev–Trinajstić information content (AvgIpc) is 2.74. The Morgan fingerprint density at radius 2 is 2.53 bits per heavy atom. The number of aliphatic carboxylic acids is 1. The Hall–Kier alpha value is -1.36. The minimum Gasteiger partial charge on any atom is -0.481 e. The second-order valence-electron chi connectivity index (χ2n) is 4.08. The summed E-state index contributed by atoms with van der Waals surface area (Å²) in [6.07, 6.45) is 2.17. The maximum Gasteiger partial charge on any atom is 0.309 e. The van der Waals surface area contributed by atoms with Gasteiger partial charge in [0.05, 0.1) is 24.1 Å². The molecule has 5 heteroatoms. The van der Waals surface area contributed by atoms with Crippen LogP contribution < -0.4 is 0 Å². The van der Waals surface area contributed by atoms with Crippen LogP contribution in [0.3, 0.4) is 0 Å². The van der Waals surface area contributed by atoms with Gasteiger partial charge in [-0.1, -0.05) is 0 Å². The summed E-state index contributed by atoms with van der Waals surface area (Å²) in [7, 11) is 0. The van der Waals surface area contributed by atoms with E-state index in [1.54, 1.807) is 0 Å². The quantitative estimate of drug-likeness (QED) is 0.806. The van der Waals surface area contributed by atoms with Crippen molar-refractivity contribution >= 4 is 5.97 Å². The number of carboxylic acid groups (broad SMARTS) is 1. The van der Waals surface area contributed by atoms with Gasteiger partial charge in [0, 0.05) is 6.61 Å². The molecular formula is C10H13NO4. The molecule has 1 aromatic rings. The number of aromatic nitrogens is 1. The molecule has 0 aliphatic carbocycles. The minimum atomic E-state index is -0.900. The van der Waals surface area contributed by atoms with Crippen LogP contribution in [-0.4, -0.2) is 29.3 Å². The highest BCUT2D eigenvalue weighted by Gasteiger charge is 2.36. The van der Waals surface area contributed by atoms with E-state index in [-0.39, 0.29) is 11.8 Å². The molecule has 1 N–H and O–H groups in total. The SMILES string of the molecule is CC1(c2nc(CC(=O)O)co2)CCOC1. The van der Waals surface area contributed by atoms with Crippen LogP contribution in [-0.2, 0) is 21.4 Å². The van der Waals surface area contributed by atoms with Gasteiger partial charge in [-0.15, -0.1) is 0 Å². The monoisotopic (exact) mass is 211 g/mol. The molecule has 1 aliphatic heterocycles. The molecule has 0 amide bonds. The summed E-state index contributed by atoms with van der Waals surface area (Å²) in [5, 5.41) is 8.60. The van der Waals surface area contributed by atoms with Gasteiger partial charge in [0.25, 0.3) is 0 Å². The Bertz CT molecular complexity index is 365. The van der Waals surface area contributed by atoms with Gasteiger partial charge in [0.15, 0.2) is 0 Å². The number of hydrogen-bond donors (Lipinski definition) is 1. The van der Waals surface area contributed by atoms with Gasteiger partial charge < -0.3 is 14.3 Å². The van der Waals surface area contributed by atoms with Crippen molar-refractivity contribution in [1.82, 2.24) is 4.98 Å². The van der Waals surface area contributed by atoms with Crippen LogP contribution in [0.4, 0.5) is 0 Å². The van der Waals surface area contributed by atoms with Gasteiger partial charge in [-0.3, -0.25) is 4.79 Å². The number of ether oxygens (including phenoxy) is 1. The van der Waals surface area contributed by atoms with Gasteiger partial charge in [0.2, 0.25) is 5.89 Å². The van der Waals surface area contributed by atoms with Crippen molar-refractivity contribution < 1.29 is 19.1 Å². The maximum atomic E-state index is 10.5. The maximum absolute atomic E-state index is 10.5. The molecule has 0 aromatic carbocycles. The van der Waals surface area contributed by atoms with Gasteiger partial charge in [-0.05, 0) is 13.3 Å². The Kier molecular flexibility index (Phi) is 2.48. The largest absolute Gasteiger partial charge is 0.481 e. The lowest BCUT2D eigenvalue weighted by Gasteiger charge is -2.15. The second kappa shape index (κ2) is 3.66. The zero-order valence-electron chi connectivity index (χ0n) is 8.52. The van der Waals surface area contributed by atoms with Crippen LogP contribution in [0.1, 0.15) is 24.9 Å². The fraction of sp³-hybridized carbons (Fsp3) is 0.600. The molecule has 2 rings (SSSR count). The summed E-state index contributed by atoms with van der Waals surface area (Å²) in [5.74, 6) is -0.320. The number of carbonyl (C=O) groups is 1. The van der Waals surface area contributed by atoms with E-state index in [0.717, 1.165) is 6.42 Å². The molecule has 1 atom stereocenters. The molecule has 5 nitrogen and oxygen atoms in total. The lowest BCUT2D eigenvalue weighted by Crippen LogP contribution is -2.22. The first kappa shape index (κ1) is 10.2. The Morgan fingerprint density at radius 1 is 1.73 bits per heavy atom. The van der Waals surface area contributed by atoms with Gasteiger partial charge in [0.1, 0.15) is 6.26 Å². The number of hydrogen-bond acceptors (Lipinski definition) is 4. The number of carboxylic acids is 1. The van der Waals surface area contributed by atoms with Crippen LogP contribution in [0.2, 0.25) is 0 Å². The van der Waals surface area contributed by atoms with Crippen LogP contribution in [0.15, 0.2) is 10.7 Å². The van der Waals surface area contributed by atoms with E-state index in [9.17, 15) is 4.79 Å². The normalized spacial score (nSPS) is 25.7. The summed E-state index contributed by atoms with van der Waals surface area (Å²) in [6.45, 7) is 3.30. The highest BCUT2D eigenvalue weighted by Crippen LogP contribution is 2.31. The molecule has 0 spiro atoms. The lowest BCUT2D eigenvalue weighted by atomic mass is 9.90. The second-order valence-corrected chi connectivity index (χ2v) is 4.08. The first-order chi connectivity index (χ1) is 7.10. The highest BCUT2D eigenvalue weighted by atomic mass is 16.5. The summed E-state index contributed by atoms with van der Waals surface area (Å²) >= 11 is 0. The number of rotatable bonds is 3. The van der Waals surface area contributed by atoms with Crippen molar-refractivity contribution in [2.24, 2.45) is 0 Å². The zero-order chi connectivity index (χ0) is 10.9. The van der Waals surface area contributed by atoms with E-state index in [4.69, 9.17) is 14.3 Å². The van der Waals surface area contributed by atoms with Crippen molar-refractivity contribution in [3.8, 4) is 0 Å². The van der Waals surface area contributed by atoms with Crippen LogP contribution in [0.5, 0.6) is 0 Å². The van der Waals surface area contributed by atoms with E-state index >= 15 is 0 Å². The molecule has 82 valence electrons. The predicted molar refractivity (Wildman–Crippen MR) is 50.6 cm³/mol. The lowest BCUT2D eigenvalue weighted by molar-refractivity contribution is -0.136. The van der Waals surface area contributed by atoms with Crippen LogP contribution in [0, 0.1) is 0 Å². The van der Waals surface area contributed by atoms with Crippen molar-refractivity contribution in [3.05, 3.63) is 17.8 Å². The fourth-order valence-corrected chi connectivity index (χ4v) is 1.66. The minimum absolute atomic E-state index is 0.0968. The summed E-state index contributed by atoms with van der Waals surface area (Å²) in [4.78, 5) is 14.6. The van der Waals surface area contributed by atoms with Crippen molar-refractivity contribution in [1.29, 1.82) is 0 Å². The van der Waals surface area contributed by atoms with E-state index in [1.807, 2.05) is 6.92 Å². The Labute approximate surface area is 87.1 Å². The Morgan fingerprint density at radius 3 is 3.13 bits per heavy atom. The highest BCUT2D eigenvalue weighted by molar-refractivity contribution is 5.69. The topological polar surface area (TPSA) is 72.6 Å². The van der Waals surface area contributed by atoms with Crippen molar-refractivity contribution in [2.75, 3.05) is 13.2 Å². The predicted octanol–water partition coefficient (Wildman–Crippen LogP) is 0.980. The molecule has 2 heterocycles. The molecule has 0 saturated carbocycles. The Balaban J connectivity index is 2.15. The first-order valence-corrected chi connectivity index (χ1v) is 4.85. The molecule has 1 saturated heterocycles. The summed E-state index contributed by atoms with van der Waals surface area (Å²) in [6, 6.07) is 0. The summed E-state index contributed by atoms with van der Waals surface area (Å²) < 4.78 is 10.6. The molecule has 15 heavy (non-hydrogen) atoms. The molecule has 1 aliphatic rings. The fourth-order valence-electron chi connectivity index (χ4n) is 1.66. The third kappa shape index (κ3) is 2.02. The van der Waals surface area contributed by atoms with Gasteiger partial charge in [-0.25, -0.2) is 4.98 Å². The molecular weight excluding hydrogens is 198 g/mol. The number of oxazole rings is 1. The molecule has 0 radical (unpaired) electrons. The van der Waals surface area contributed by atoms with Crippen LogP contribution >= 0.6 is 0 Å².